The Morgan fingerprint density at radius 2 is 0.803 bits per heavy atom. The molecule has 0 aromatic heterocycles. The topological polar surface area (TPSA) is 117 Å². The summed E-state index contributed by atoms with van der Waals surface area (Å²) in [5.74, 6) is -0.340. The molecule has 0 aromatic carbocycles. The van der Waals surface area contributed by atoms with Gasteiger partial charge >= 0.3 is 13.8 Å². The van der Waals surface area contributed by atoms with Gasteiger partial charge in [-0.3, -0.25) is 13.8 Å². The van der Waals surface area contributed by atoms with E-state index in [4.69, 9.17) is 24.3 Å². The van der Waals surface area contributed by atoms with Crippen molar-refractivity contribution in [1.29, 1.82) is 0 Å². The van der Waals surface area contributed by atoms with Gasteiger partial charge in [0.1, 0.15) is 6.10 Å². The first-order valence-corrected chi connectivity index (χ1v) is 29.3. The summed E-state index contributed by atoms with van der Waals surface area (Å²) in [7, 11) is -4.29. The maximum Gasteiger partial charge on any atom is 0.472 e. The van der Waals surface area contributed by atoms with Crippen molar-refractivity contribution in [3.05, 3.63) is 60.8 Å². The molecule has 8 nitrogen and oxygen atoms in total. The molecule has 0 aromatic rings. The van der Waals surface area contributed by atoms with E-state index in [2.05, 4.69) is 74.6 Å². The van der Waals surface area contributed by atoms with Gasteiger partial charge < -0.3 is 20.1 Å². The van der Waals surface area contributed by atoms with Crippen molar-refractivity contribution in [3.8, 4) is 0 Å². The van der Waals surface area contributed by atoms with E-state index in [9.17, 15) is 14.3 Å². The SMILES string of the molecule is CCCCCCC/C=C\C/C=C\C/C=C\CCCCCCCCC(=O)OC(COCCCCCCCCCCCCCCCC/C=C\C/C=C\CCCCCCC)COP(=O)(O)OCCN. The van der Waals surface area contributed by atoms with Gasteiger partial charge in [0.25, 0.3) is 0 Å². The Morgan fingerprint density at radius 3 is 1.20 bits per heavy atom. The normalized spacial score (nSPS) is 13.7. The number of carbonyl (C=O) groups excluding carboxylic acids is 1. The monoisotopic (exact) mass is 948 g/mol. The predicted octanol–water partition coefficient (Wildman–Crippen LogP) is 17.7. The Kier molecular flexibility index (Phi) is 52.7. The van der Waals surface area contributed by atoms with Crippen molar-refractivity contribution >= 4 is 13.8 Å². The van der Waals surface area contributed by atoms with Gasteiger partial charge in [0.2, 0.25) is 0 Å². The number of phosphoric ester groups is 1. The van der Waals surface area contributed by atoms with Gasteiger partial charge in [-0.05, 0) is 83.5 Å². The van der Waals surface area contributed by atoms with Crippen LogP contribution < -0.4 is 5.73 Å². The molecule has 0 saturated carbocycles. The lowest BCUT2D eigenvalue weighted by Crippen LogP contribution is -2.28. The number of rotatable bonds is 53. The molecule has 2 atom stereocenters. The number of nitrogens with two attached hydrogens (primary N) is 1. The van der Waals surface area contributed by atoms with Gasteiger partial charge in [-0.15, -0.1) is 0 Å². The van der Waals surface area contributed by atoms with E-state index in [0.29, 0.717) is 13.0 Å². The van der Waals surface area contributed by atoms with E-state index in [1.54, 1.807) is 0 Å². The lowest BCUT2D eigenvalue weighted by Gasteiger charge is -2.20. The second kappa shape index (κ2) is 54.1. The highest BCUT2D eigenvalue weighted by atomic mass is 31.2. The highest BCUT2D eigenvalue weighted by Gasteiger charge is 2.25. The number of allylic oxidation sites excluding steroid dienone is 10. The van der Waals surface area contributed by atoms with Crippen LogP contribution in [-0.2, 0) is 27.9 Å². The Morgan fingerprint density at radius 1 is 0.455 bits per heavy atom. The highest BCUT2D eigenvalue weighted by Crippen LogP contribution is 2.43. The van der Waals surface area contributed by atoms with Crippen LogP contribution in [0.5, 0.6) is 0 Å². The van der Waals surface area contributed by atoms with Crippen LogP contribution in [0.1, 0.15) is 258 Å². The molecule has 0 heterocycles. The van der Waals surface area contributed by atoms with Crippen molar-refractivity contribution in [2.45, 2.75) is 264 Å². The molecule has 0 saturated heterocycles. The van der Waals surface area contributed by atoms with Crippen LogP contribution in [0.25, 0.3) is 0 Å². The number of carbonyl (C=O) groups is 1. The molecule has 0 bridgehead atoms. The number of esters is 1. The molecular formula is C57H106NO7P. The smallest absolute Gasteiger partial charge is 0.457 e. The molecule has 386 valence electrons. The Hall–Kier alpha value is -1.80. The molecule has 66 heavy (non-hydrogen) atoms. The van der Waals surface area contributed by atoms with Gasteiger partial charge in [-0.25, -0.2) is 4.57 Å². The Labute approximate surface area is 408 Å². The molecule has 0 aliphatic carbocycles. The Bertz CT molecular complexity index is 1200. The fourth-order valence-electron chi connectivity index (χ4n) is 7.80. The fraction of sp³-hybridized carbons (Fsp3) is 0.807. The average Bonchev–Trinajstić information content (AvgIpc) is 3.31. The largest absolute Gasteiger partial charge is 0.472 e. The lowest BCUT2D eigenvalue weighted by atomic mass is 10.0. The fourth-order valence-corrected chi connectivity index (χ4v) is 8.57. The van der Waals surface area contributed by atoms with E-state index >= 15 is 0 Å². The van der Waals surface area contributed by atoms with Crippen LogP contribution >= 0.6 is 7.82 Å². The second-order valence-corrected chi connectivity index (χ2v) is 19.9. The summed E-state index contributed by atoms with van der Waals surface area (Å²) >= 11 is 0. The standard InChI is InChI=1S/C57H106NO7P/c1-3-5-7-9-11-13-15-17-19-21-23-25-26-27-28-29-31-33-35-37-39-41-43-45-47-49-52-62-54-56(55-64-66(60,61)63-53-51-58)65-57(59)50-48-46-44-42-40-38-36-34-32-30-24-22-20-18-16-14-12-10-8-6-4-2/h15-18,21-24,32,34,56H,3-14,19-20,25-31,33,35-55,58H2,1-2H3,(H,60,61)/b17-15-,18-16-,23-21-,24-22-,34-32-. The molecule has 2 unspecified atom stereocenters. The molecule has 0 aliphatic rings. The van der Waals surface area contributed by atoms with E-state index in [1.807, 2.05) is 0 Å². The minimum atomic E-state index is -4.29. The quantitative estimate of drug-likeness (QED) is 0.0268. The molecular weight excluding hydrogens is 842 g/mol. The summed E-state index contributed by atoms with van der Waals surface area (Å²) in [6.45, 7) is 4.91. The summed E-state index contributed by atoms with van der Waals surface area (Å²) in [5.41, 5.74) is 5.40. The van der Waals surface area contributed by atoms with E-state index in [1.165, 1.54) is 173 Å². The number of hydrogen-bond donors (Lipinski definition) is 2. The highest BCUT2D eigenvalue weighted by molar-refractivity contribution is 7.47. The average molecular weight is 948 g/mol. The van der Waals surface area contributed by atoms with Gasteiger partial charge in [-0.1, -0.05) is 229 Å². The van der Waals surface area contributed by atoms with Gasteiger partial charge in [0.05, 0.1) is 19.8 Å². The van der Waals surface area contributed by atoms with E-state index in [0.717, 1.165) is 64.2 Å². The Balaban J connectivity index is 3.92. The van der Waals surface area contributed by atoms with Crippen LogP contribution in [0, 0.1) is 0 Å². The predicted molar refractivity (Wildman–Crippen MR) is 284 cm³/mol. The van der Waals surface area contributed by atoms with Gasteiger partial charge in [-0.2, -0.15) is 0 Å². The minimum absolute atomic E-state index is 0.0964. The van der Waals surface area contributed by atoms with Crippen molar-refractivity contribution in [3.63, 3.8) is 0 Å². The summed E-state index contributed by atoms with van der Waals surface area (Å²) < 4.78 is 33.6. The molecule has 3 N–H and O–H groups in total. The van der Waals surface area contributed by atoms with Crippen molar-refractivity contribution in [2.75, 3.05) is 33.0 Å². The first-order valence-electron chi connectivity index (χ1n) is 27.8. The third-order valence-electron chi connectivity index (χ3n) is 11.9. The minimum Gasteiger partial charge on any atom is -0.457 e. The van der Waals surface area contributed by atoms with Crippen molar-refractivity contribution in [2.24, 2.45) is 5.73 Å². The lowest BCUT2D eigenvalue weighted by molar-refractivity contribution is -0.154. The number of hydrogen-bond acceptors (Lipinski definition) is 7. The van der Waals surface area contributed by atoms with Crippen LogP contribution in [-0.4, -0.2) is 49.9 Å². The maximum absolute atomic E-state index is 12.7. The molecule has 0 aliphatic heterocycles. The third-order valence-corrected chi connectivity index (χ3v) is 12.9. The summed E-state index contributed by atoms with van der Waals surface area (Å²) in [5, 5.41) is 0. The van der Waals surface area contributed by atoms with E-state index in [-0.39, 0.29) is 32.3 Å². The first kappa shape index (κ1) is 64.2. The molecule has 0 amide bonds. The maximum atomic E-state index is 12.7. The number of phosphoric acid groups is 1. The zero-order valence-corrected chi connectivity index (χ0v) is 44.1. The molecule has 9 heteroatoms. The zero-order valence-electron chi connectivity index (χ0n) is 43.2. The van der Waals surface area contributed by atoms with Crippen LogP contribution in [0.15, 0.2) is 60.8 Å². The first-order chi connectivity index (χ1) is 32.4. The summed E-state index contributed by atoms with van der Waals surface area (Å²) in [6, 6.07) is 0. The molecule has 0 rings (SSSR count). The number of unbranched alkanes of at least 4 members (excludes halogenated alkanes) is 30. The molecule has 0 fully saturated rings. The molecule has 0 radical (unpaired) electrons. The van der Waals surface area contributed by atoms with Crippen molar-refractivity contribution < 1.29 is 32.8 Å². The number of ether oxygens (including phenoxy) is 2. The van der Waals surface area contributed by atoms with Crippen LogP contribution in [0.4, 0.5) is 0 Å². The molecule has 0 spiro atoms. The van der Waals surface area contributed by atoms with E-state index < -0.39 is 13.9 Å². The summed E-state index contributed by atoms with van der Waals surface area (Å²) in [4.78, 5) is 22.6. The van der Waals surface area contributed by atoms with Crippen molar-refractivity contribution in [1.82, 2.24) is 0 Å². The van der Waals surface area contributed by atoms with Gasteiger partial charge in [0.15, 0.2) is 0 Å². The van der Waals surface area contributed by atoms with Gasteiger partial charge in [0, 0.05) is 19.6 Å². The second-order valence-electron chi connectivity index (χ2n) is 18.4. The third kappa shape index (κ3) is 53.2. The zero-order chi connectivity index (χ0) is 48.0. The van der Waals surface area contributed by atoms with Crippen LogP contribution in [0.2, 0.25) is 0 Å². The van der Waals surface area contributed by atoms with Crippen LogP contribution in [0.3, 0.4) is 0 Å². The summed E-state index contributed by atoms with van der Waals surface area (Å²) in [6.07, 6.45) is 68.3.